The third-order valence-corrected chi connectivity index (χ3v) is 4.52. The summed E-state index contributed by atoms with van der Waals surface area (Å²) in [4.78, 5) is 5.31. The molecule has 0 aliphatic heterocycles. The zero-order valence-corrected chi connectivity index (χ0v) is 13.6. The lowest BCUT2D eigenvalue weighted by Gasteiger charge is -2.09. The van der Waals surface area contributed by atoms with Gasteiger partial charge in [0, 0.05) is 6.42 Å². The normalized spacial score (nSPS) is 10.4. The summed E-state index contributed by atoms with van der Waals surface area (Å²) in [5.74, 6) is 0.931. The molecule has 2 aromatic rings. The zero-order valence-electron chi connectivity index (χ0n) is 12.8. The van der Waals surface area contributed by atoms with E-state index in [0.717, 1.165) is 40.6 Å². The van der Waals surface area contributed by atoms with Crippen molar-refractivity contribution in [3.05, 3.63) is 44.9 Å². The van der Waals surface area contributed by atoms with Crippen molar-refractivity contribution in [1.82, 2.24) is 4.98 Å². The molecule has 0 bridgehead atoms. The molecule has 0 unspecified atom stereocenters. The maximum atomic E-state index is 9.12. The molecule has 110 valence electrons. The van der Waals surface area contributed by atoms with Crippen molar-refractivity contribution < 1.29 is 4.74 Å². The minimum absolute atomic E-state index is 0.592. The first-order valence-electron chi connectivity index (χ1n) is 7.23. The van der Waals surface area contributed by atoms with Crippen molar-refractivity contribution >= 4 is 11.3 Å². The number of thiazole rings is 1. The smallest absolute Gasteiger partial charge is 0.128 e. The van der Waals surface area contributed by atoms with Gasteiger partial charge in [-0.3, -0.25) is 0 Å². The molecule has 3 nitrogen and oxygen atoms in total. The summed E-state index contributed by atoms with van der Waals surface area (Å²) in [6.45, 7) is 6.85. The maximum Gasteiger partial charge on any atom is 0.128 e. The molecule has 0 aliphatic rings. The van der Waals surface area contributed by atoms with E-state index in [1.165, 1.54) is 22.5 Å². The number of benzene rings is 1. The summed E-state index contributed by atoms with van der Waals surface area (Å²) < 4.78 is 5.85. The minimum atomic E-state index is 0.592. The average Bonchev–Trinajstić information content (AvgIpc) is 2.86. The number of ether oxygens (including phenoxy) is 1. The number of nitrogens with zero attached hydrogens (tertiary/aromatic N) is 2. The fourth-order valence-electron chi connectivity index (χ4n) is 2.13. The van der Waals surface area contributed by atoms with Gasteiger partial charge in [-0.25, -0.2) is 4.98 Å². The molecule has 0 amide bonds. The van der Waals surface area contributed by atoms with Crippen molar-refractivity contribution in [3.8, 4) is 11.8 Å². The highest BCUT2D eigenvalue weighted by Gasteiger charge is 2.10. The number of hydrogen-bond donors (Lipinski definition) is 0. The van der Waals surface area contributed by atoms with E-state index < -0.39 is 0 Å². The Morgan fingerprint density at radius 3 is 2.81 bits per heavy atom. The highest BCUT2D eigenvalue weighted by Crippen LogP contribution is 2.22. The molecular weight excluding hydrogens is 280 g/mol. The van der Waals surface area contributed by atoms with Crippen LogP contribution in [0.2, 0.25) is 0 Å². The van der Waals surface area contributed by atoms with E-state index in [0.29, 0.717) is 6.61 Å². The van der Waals surface area contributed by atoms with Crippen molar-refractivity contribution in [2.45, 2.75) is 40.0 Å². The lowest BCUT2D eigenvalue weighted by molar-refractivity contribution is 0.319. The first-order chi connectivity index (χ1) is 10.2. The molecule has 0 fully saturated rings. The summed E-state index contributed by atoms with van der Waals surface area (Å²) in [5.41, 5.74) is 3.35. The molecule has 0 saturated heterocycles. The second-order valence-corrected chi connectivity index (χ2v) is 6.13. The Labute approximate surface area is 130 Å². The number of hydrogen-bond acceptors (Lipinski definition) is 4. The summed E-state index contributed by atoms with van der Waals surface area (Å²) >= 11 is 1.49. The Kier molecular flexibility index (Phi) is 5.35. The molecule has 1 aromatic carbocycles. The highest BCUT2D eigenvalue weighted by molar-refractivity contribution is 7.12. The Morgan fingerprint density at radius 2 is 2.10 bits per heavy atom. The fourth-order valence-corrected chi connectivity index (χ4v) is 3.02. The van der Waals surface area contributed by atoms with Gasteiger partial charge in [0.1, 0.15) is 16.7 Å². The Bertz CT molecular complexity index is 655. The first kappa shape index (κ1) is 15.5. The van der Waals surface area contributed by atoms with Crippen LogP contribution in [0, 0.1) is 25.2 Å². The van der Waals surface area contributed by atoms with Gasteiger partial charge in [-0.15, -0.1) is 11.3 Å². The number of rotatable bonds is 6. The van der Waals surface area contributed by atoms with E-state index in [2.05, 4.69) is 37.9 Å². The van der Waals surface area contributed by atoms with Crippen LogP contribution in [0.5, 0.6) is 5.75 Å². The Balaban J connectivity index is 1.97. The predicted molar refractivity (Wildman–Crippen MR) is 85.9 cm³/mol. The van der Waals surface area contributed by atoms with Gasteiger partial charge < -0.3 is 4.74 Å². The van der Waals surface area contributed by atoms with Crippen molar-refractivity contribution in [2.75, 3.05) is 6.61 Å². The van der Waals surface area contributed by atoms with E-state index in [1.807, 2.05) is 12.1 Å². The van der Waals surface area contributed by atoms with Crippen LogP contribution in [0.1, 0.15) is 40.1 Å². The largest absolute Gasteiger partial charge is 0.493 e. The predicted octanol–water partition coefficient (Wildman–Crippen LogP) is 4.21. The molecule has 0 saturated carbocycles. The number of nitriles is 1. The van der Waals surface area contributed by atoms with E-state index in [9.17, 15) is 0 Å². The van der Waals surface area contributed by atoms with Crippen molar-refractivity contribution in [3.63, 3.8) is 0 Å². The van der Waals surface area contributed by atoms with Gasteiger partial charge >= 0.3 is 0 Å². The number of aromatic nitrogens is 1. The fraction of sp³-hybridized carbons (Fsp3) is 0.412. The molecule has 0 atom stereocenters. The Hall–Kier alpha value is -1.86. The van der Waals surface area contributed by atoms with Crippen LogP contribution in [0.3, 0.4) is 0 Å². The minimum Gasteiger partial charge on any atom is -0.493 e. The second-order valence-electron chi connectivity index (χ2n) is 5.04. The molecule has 0 aliphatic carbocycles. The lowest BCUT2D eigenvalue weighted by Crippen LogP contribution is -2.03. The monoisotopic (exact) mass is 300 g/mol. The third-order valence-electron chi connectivity index (χ3n) is 3.46. The van der Waals surface area contributed by atoms with Gasteiger partial charge in [0.2, 0.25) is 0 Å². The van der Waals surface area contributed by atoms with Crippen LogP contribution >= 0.6 is 11.3 Å². The zero-order chi connectivity index (χ0) is 15.2. The van der Waals surface area contributed by atoms with Crippen LogP contribution in [-0.4, -0.2) is 11.6 Å². The van der Waals surface area contributed by atoms with Crippen LogP contribution < -0.4 is 4.74 Å². The van der Waals surface area contributed by atoms with Gasteiger partial charge in [0.25, 0.3) is 0 Å². The maximum absolute atomic E-state index is 9.12. The van der Waals surface area contributed by atoms with Crippen LogP contribution in [0.15, 0.2) is 18.2 Å². The molecule has 4 heteroatoms. The quantitative estimate of drug-likeness (QED) is 0.803. The number of aryl methyl sites for hydroxylation is 2. The van der Waals surface area contributed by atoms with Gasteiger partial charge in [0.15, 0.2) is 0 Å². The molecule has 0 N–H and O–H groups in total. The SMILES string of the molecule is CCCc1nc(CCOc2cccc(C)c2C)sc1C#N. The van der Waals surface area contributed by atoms with E-state index in [-0.39, 0.29) is 0 Å². The second kappa shape index (κ2) is 7.24. The molecule has 2 rings (SSSR count). The topological polar surface area (TPSA) is 45.9 Å². The summed E-state index contributed by atoms with van der Waals surface area (Å²) in [7, 11) is 0. The standard InChI is InChI=1S/C17H20N2OS/c1-4-6-14-16(11-18)21-17(19-14)9-10-20-15-8-5-7-12(2)13(15)3/h5,7-8H,4,6,9-10H2,1-3H3. The summed E-state index contributed by atoms with van der Waals surface area (Å²) in [6, 6.07) is 8.32. The molecule has 1 heterocycles. The molecule has 1 aromatic heterocycles. The van der Waals surface area contributed by atoms with Crippen molar-refractivity contribution in [2.24, 2.45) is 0 Å². The van der Waals surface area contributed by atoms with Crippen molar-refractivity contribution in [1.29, 1.82) is 5.26 Å². The van der Waals surface area contributed by atoms with E-state index in [1.54, 1.807) is 0 Å². The third kappa shape index (κ3) is 3.83. The molecule has 0 radical (unpaired) electrons. The van der Waals surface area contributed by atoms with Crippen LogP contribution in [0.4, 0.5) is 0 Å². The van der Waals surface area contributed by atoms with Gasteiger partial charge in [-0.05, 0) is 37.5 Å². The molecular formula is C17H20N2OS. The van der Waals surface area contributed by atoms with E-state index in [4.69, 9.17) is 10.00 Å². The van der Waals surface area contributed by atoms with E-state index >= 15 is 0 Å². The molecule has 21 heavy (non-hydrogen) atoms. The van der Waals surface area contributed by atoms with Gasteiger partial charge in [-0.1, -0.05) is 25.5 Å². The van der Waals surface area contributed by atoms with Crippen LogP contribution in [0.25, 0.3) is 0 Å². The summed E-state index contributed by atoms with van der Waals surface area (Å²) in [5, 5.41) is 10.1. The highest BCUT2D eigenvalue weighted by atomic mass is 32.1. The van der Waals surface area contributed by atoms with Gasteiger partial charge in [0.05, 0.1) is 17.3 Å². The summed E-state index contributed by atoms with van der Waals surface area (Å²) in [6.07, 6.45) is 2.63. The lowest BCUT2D eigenvalue weighted by atomic mass is 10.1. The first-order valence-corrected chi connectivity index (χ1v) is 8.05. The Morgan fingerprint density at radius 1 is 1.29 bits per heavy atom. The van der Waals surface area contributed by atoms with Gasteiger partial charge in [-0.2, -0.15) is 5.26 Å². The van der Waals surface area contributed by atoms with Crippen LogP contribution in [-0.2, 0) is 12.8 Å². The molecule has 0 spiro atoms. The average molecular weight is 300 g/mol.